The van der Waals surface area contributed by atoms with E-state index >= 15 is 0 Å². The van der Waals surface area contributed by atoms with E-state index < -0.39 is 0 Å². The van der Waals surface area contributed by atoms with E-state index in [1.165, 1.54) is 30.4 Å². The zero-order chi connectivity index (χ0) is 18.4. The van der Waals surface area contributed by atoms with Crippen LogP contribution in [0.5, 0.6) is 0 Å². The van der Waals surface area contributed by atoms with E-state index in [2.05, 4.69) is 28.8 Å². The molecule has 0 saturated carbocycles. The highest BCUT2D eigenvalue weighted by Crippen LogP contribution is 2.37. The van der Waals surface area contributed by atoms with Gasteiger partial charge in [0.15, 0.2) is 0 Å². The van der Waals surface area contributed by atoms with Crippen molar-refractivity contribution in [2.45, 2.75) is 33.6 Å². The minimum Gasteiger partial charge on any atom is -0.368 e. The fraction of sp³-hybridized carbons (Fsp3) is 0.278. The number of aryl methyl sites for hydroxylation is 1. The lowest BCUT2D eigenvalue weighted by atomic mass is 10.1. The summed E-state index contributed by atoms with van der Waals surface area (Å²) in [5, 5.41) is 1.92. The summed E-state index contributed by atoms with van der Waals surface area (Å²) in [5.74, 6) is 0.178. The maximum Gasteiger partial charge on any atom is 0.220 e. The quantitative estimate of drug-likeness (QED) is 0.568. The Bertz CT molecular complexity index is 847. The van der Waals surface area contributed by atoms with E-state index in [1.807, 2.05) is 25.1 Å². The Kier molecular flexibility index (Phi) is 7.17. The molecular weight excluding hydrogens is 375 g/mol. The van der Waals surface area contributed by atoms with Crippen LogP contribution in [0.15, 0.2) is 30.6 Å². The normalized spacial score (nSPS) is 10.3. The number of nitrogens with zero attached hydrogens (tertiary/aromatic N) is 3. The van der Waals surface area contributed by atoms with Gasteiger partial charge < -0.3 is 5.73 Å². The topological polar surface area (TPSA) is 64.7 Å². The first-order valence-electron chi connectivity index (χ1n) is 7.97. The standard InChI is InChI=1S/C14H10Cl2N4S.C4H10/c1-7-2-3-8(9(15)4-7)13-18-6-11(21-13)12-10(16)5-19-14(17)20-12;1-3-4-2/h2-6H,1H3,(H2,17,19,20);3-4H2,1-2H3. The van der Waals surface area contributed by atoms with Gasteiger partial charge in [0.1, 0.15) is 10.7 Å². The molecule has 0 spiro atoms. The van der Waals surface area contributed by atoms with E-state index in [4.69, 9.17) is 28.9 Å². The highest BCUT2D eigenvalue weighted by molar-refractivity contribution is 7.18. The fourth-order valence-electron chi connectivity index (χ4n) is 1.86. The highest BCUT2D eigenvalue weighted by atomic mass is 35.5. The number of benzene rings is 1. The van der Waals surface area contributed by atoms with E-state index in [1.54, 1.807) is 6.20 Å². The van der Waals surface area contributed by atoms with E-state index in [-0.39, 0.29) is 5.95 Å². The maximum absolute atomic E-state index is 6.27. The third-order valence-corrected chi connectivity index (χ3v) is 4.98. The molecule has 3 rings (SSSR count). The molecule has 0 atom stereocenters. The summed E-state index contributed by atoms with van der Waals surface area (Å²) in [6.45, 7) is 6.35. The molecule has 0 bridgehead atoms. The number of nitrogen functional groups attached to an aromatic ring is 1. The summed E-state index contributed by atoms with van der Waals surface area (Å²) in [7, 11) is 0. The minimum atomic E-state index is 0.178. The molecule has 7 heteroatoms. The van der Waals surface area contributed by atoms with E-state index in [0.29, 0.717) is 15.7 Å². The second-order valence-corrected chi connectivity index (χ2v) is 7.28. The van der Waals surface area contributed by atoms with E-state index in [9.17, 15) is 0 Å². The predicted molar refractivity (Wildman–Crippen MR) is 108 cm³/mol. The summed E-state index contributed by atoms with van der Waals surface area (Å²) in [6.07, 6.45) is 5.83. The van der Waals surface area contributed by atoms with Crippen LogP contribution in [0.1, 0.15) is 32.3 Å². The van der Waals surface area contributed by atoms with Gasteiger partial charge in [-0.1, -0.05) is 62.0 Å². The average Bonchev–Trinajstić information content (AvgIpc) is 3.07. The van der Waals surface area contributed by atoms with Crippen LogP contribution >= 0.6 is 34.5 Å². The summed E-state index contributed by atoms with van der Waals surface area (Å²) in [4.78, 5) is 13.2. The third kappa shape index (κ3) is 5.14. The average molecular weight is 395 g/mol. The Balaban J connectivity index is 0.000000511. The van der Waals surface area contributed by atoms with Gasteiger partial charge >= 0.3 is 0 Å². The van der Waals surface area contributed by atoms with Gasteiger partial charge in [0.2, 0.25) is 5.95 Å². The third-order valence-electron chi connectivity index (χ3n) is 3.36. The van der Waals surface area contributed by atoms with E-state index in [0.717, 1.165) is 21.0 Å². The first-order chi connectivity index (χ1) is 12.0. The van der Waals surface area contributed by atoms with Crippen LogP contribution < -0.4 is 5.73 Å². The van der Waals surface area contributed by atoms with Crippen LogP contribution in [0.4, 0.5) is 5.95 Å². The molecule has 4 nitrogen and oxygen atoms in total. The molecule has 0 unspecified atom stereocenters. The molecule has 1 aromatic carbocycles. The van der Waals surface area contributed by atoms with Crippen LogP contribution in [-0.4, -0.2) is 15.0 Å². The van der Waals surface area contributed by atoms with Crippen molar-refractivity contribution in [2.24, 2.45) is 0 Å². The lowest BCUT2D eigenvalue weighted by molar-refractivity contribution is 0.886. The number of hydrogen-bond acceptors (Lipinski definition) is 5. The zero-order valence-corrected chi connectivity index (χ0v) is 16.7. The molecule has 3 aromatic rings. The number of halogens is 2. The van der Waals surface area contributed by atoms with Crippen LogP contribution in [-0.2, 0) is 0 Å². The number of unbranched alkanes of at least 4 members (excludes halogenated alkanes) is 1. The Morgan fingerprint density at radius 1 is 1.04 bits per heavy atom. The molecule has 0 radical (unpaired) electrons. The van der Waals surface area contributed by atoms with Crippen LogP contribution in [0, 0.1) is 6.92 Å². The maximum atomic E-state index is 6.27. The Morgan fingerprint density at radius 3 is 2.40 bits per heavy atom. The van der Waals surface area contributed by atoms with Crippen molar-refractivity contribution in [3.05, 3.63) is 46.2 Å². The SMILES string of the molecule is CCCC.Cc1ccc(-c2ncc(-c3nc(N)ncc3Cl)s2)c(Cl)c1. The van der Waals surface area contributed by atoms with Gasteiger partial charge in [-0.05, 0) is 18.6 Å². The molecule has 2 aromatic heterocycles. The lowest BCUT2D eigenvalue weighted by Crippen LogP contribution is -1.95. The van der Waals surface area contributed by atoms with Crippen molar-refractivity contribution in [3.8, 4) is 21.1 Å². The van der Waals surface area contributed by atoms with Gasteiger partial charge in [-0.2, -0.15) is 0 Å². The largest absolute Gasteiger partial charge is 0.368 e. The fourth-order valence-corrected chi connectivity index (χ4v) is 3.44. The molecular formula is C18H20Cl2N4S. The number of nitrogens with two attached hydrogens (primary N) is 1. The Morgan fingerprint density at radius 2 is 1.76 bits per heavy atom. The number of thiazole rings is 1. The van der Waals surface area contributed by atoms with Crippen molar-refractivity contribution < 1.29 is 0 Å². The second-order valence-electron chi connectivity index (χ2n) is 5.44. The Hall–Kier alpha value is -1.69. The summed E-state index contributed by atoms with van der Waals surface area (Å²) >= 11 is 13.8. The molecule has 0 amide bonds. The zero-order valence-electron chi connectivity index (χ0n) is 14.4. The minimum absolute atomic E-state index is 0.178. The molecule has 2 N–H and O–H groups in total. The number of hydrogen-bond donors (Lipinski definition) is 1. The van der Waals surface area contributed by atoms with Crippen molar-refractivity contribution in [2.75, 3.05) is 5.73 Å². The van der Waals surface area contributed by atoms with Crippen molar-refractivity contribution in [3.63, 3.8) is 0 Å². The smallest absolute Gasteiger partial charge is 0.220 e. The van der Waals surface area contributed by atoms with Gasteiger partial charge in [0, 0.05) is 11.8 Å². The number of aromatic nitrogens is 3. The van der Waals surface area contributed by atoms with Crippen molar-refractivity contribution in [1.29, 1.82) is 0 Å². The first kappa shape index (κ1) is 19.6. The van der Waals surface area contributed by atoms with Gasteiger partial charge in [-0.25, -0.2) is 15.0 Å². The predicted octanol–water partition coefficient (Wildman–Crippen LogP) is 6.27. The van der Waals surface area contributed by atoms with Gasteiger partial charge in [-0.15, -0.1) is 11.3 Å². The molecule has 0 fully saturated rings. The molecule has 2 heterocycles. The van der Waals surface area contributed by atoms with Crippen molar-refractivity contribution in [1.82, 2.24) is 15.0 Å². The van der Waals surface area contributed by atoms with Gasteiger partial charge in [-0.3, -0.25) is 0 Å². The first-order valence-corrected chi connectivity index (χ1v) is 9.54. The Labute approximate surface area is 162 Å². The lowest BCUT2D eigenvalue weighted by Gasteiger charge is -2.02. The highest BCUT2D eigenvalue weighted by Gasteiger charge is 2.13. The van der Waals surface area contributed by atoms with Crippen LogP contribution in [0.25, 0.3) is 21.1 Å². The van der Waals surface area contributed by atoms with Crippen molar-refractivity contribution >= 4 is 40.5 Å². The molecule has 25 heavy (non-hydrogen) atoms. The van der Waals surface area contributed by atoms with Gasteiger partial charge in [0.25, 0.3) is 0 Å². The summed E-state index contributed by atoms with van der Waals surface area (Å²) < 4.78 is 0. The summed E-state index contributed by atoms with van der Waals surface area (Å²) in [5.41, 5.74) is 8.18. The number of anilines is 1. The molecule has 0 aliphatic rings. The van der Waals surface area contributed by atoms with Crippen LogP contribution in [0.2, 0.25) is 10.0 Å². The molecule has 0 aliphatic carbocycles. The van der Waals surface area contributed by atoms with Gasteiger partial charge in [0.05, 0.1) is 21.1 Å². The monoisotopic (exact) mass is 394 g/mol. The molecule has 132 valence electrons. The van der Waals surface area contributed by atoms with Crippen LogP contribution in [0.3, 0.4) is 0 Å². The second kappa shape index (κ2) is 9.13. The molecule has 0 saturated heterocycles. The molecule has 0 aliphatic heterocycles. The number of rotatable bonds is 3. The summed E-state index contributed by atoms with van der Waals surface area (Å²) in [6, 6.07) is 5.86.